The molecule has 2 aromatic heterocycles. The van der Waals surface area contributed by atoms with Gasteiger partial charge in [-0.3, -0.25) is 9.20 Å². The number of aryl methyl sites for hydroxylation is 1. The third kappa shape index (κ3) is 3.23. The zero-order valence-electron chi connectivity index (χ0n) is 16.1. The van der Waals surface area contributed by atoms with Crippen molar-refractivity contribution in [2.24, 2.45) is 0 Å². The number of benzene rings is 2. The average Bonchev–Trinajstić information content (AvgIpc) is 3.42. The third-order valence-corrected chi connectivity index (χ3v) is 5.30. The predicted molar refractivity (Wildman–Crippen MR) is 110 cm³/mol. The summed E-state index contributed by atoms with van der Waals surface area (Å²) >= 11 is 0. The second-order valence-corrected chi connectivity index (χ2v) is 7.28. The first-order valence-electron chi connectivity index (χ1n) is 9.81. The van der Waals surface area contributed by atoms with Gasteiger partial charge in [-0.1, -0.05) is 30.3 Å². The van der Waals surface area contributed by atoms with E-state index in [2.05, 4.69) is 15.5 Å². The lowest BCUT2D eigenvalue weighted by Crippen LogP contribution is -2.19. The molecule has 1 aliphatic heterocycles. The van der Waals surface area contributed by atoms with Crippen molar-refractivity contribution in [3.05, 3.63) is 65.5 Å². The van der Waals surface area contributed by atoms with Gasteiger partial charge in [-0.05, 0) is 38.0 Å². The van der Waals surface area contributed by atoms with Gasteiger partial charge in [0.15, 0.2) is 11.6 Å². The summed E-state index contributed by atoms with van der Waals surface area (Å²) in [6.07, 6.45) is 2.34. The molecule has 0 unspecified atom stereocenters. The zero-order valence-corrected chi connectivity index (χ0v) is 16.1. The van der Waals surface area contributed by atoms with Crippen molar-refractivity contribution >= 4 is 28.3 Å². The summed E-state index contributed by atoms with van der Waals surface area (Å²) in [6, 6.07) is 14.8. The number of ether oxygens (including phenoxy) is 1. The highest BCUT2D eigenvalue weighted by Crippen LogP contribution is 2.24. The minimum Gasteiger partial charge on any atom is -0.376 e. The van der Waals surface area contributed by atoms with Gasteiger partial charge in [0.2, 0.25) is 5.65 Å². The quantitative estimate of drug-likeness (QED) is 0.529. The molecule has 146 valence electrons. The van der Waals surface area contributed by atoms with Crippen LogP contribution in [0.25, 0.3) is 16.7 Å². The van der Waals surface area contributed by atoms with Crippen molar-refractivity contribution < 1.29 is 9.53 Å². The van der Waals surface area contributed by atoms with Gasteiger partial charge < -0.3 is 10.1 Å². The number of nitrogens with one attached hydrogen (secondary N) is 1. The number of carbonyl (C=O) groups excluding carboxylic acids is 1. The van der Waals surface area contributed by atoms with Gasteiger partial charge in [0.05, 0.1) is 17.1 Å². The fraction of sp³-hybridized carbons (Fsp3) is 0.273. The fourth-order valence-electron chi connectivity index (χ4n) is 3.80. The van der Waals surface area contributed by atoms with E-state index in [4.69, 9.17) is 9.72 Å². The molecule has 29 heavy (non-hydrogen) atoms. The maximum absolute atomic E-state index is 12.9. The van der Waals surface area contributed by atoms with Gasteiger partial charge in [-0.25, -0.2) is 4.98 Å². The van der Waals surface area contributed by atoms with Crippen LogP contribution in [0.2, 0.25) is 0 Å². The molecule has 5 rings (SSSR count). The highest BCUT2D eigenvalue weighted by atomic mass is 16.5. The summed E-state index contributed by atoms with van der Waals surface area (Å²) in [7, 11) is 0. The highest BCUT2D eigenvalue weighted by Gasteiger charge is 2.19. The molecule has 0 bridgehead atoms. The molecule has 0 spiro atoms. The Kier molecular flexibility index (Phi) is 4.44. The van der Waals surface area contributed by atoms with Crippen LogP contribution in [0.1, 0.15) is 34.6 Å². The smallest absolute Gasteiger partial charge is 0.204 e. The maximum atomic E-state index is 12.9. The summed E-state index contributed by atoms with van der Waals surface area (Å²) in [5, 5.41) is 11.9. The number of fused-ring (bicyclic) bond motifs is 3. The first-order valence-corrected chi connectivity index (χ1v) is 9.81. The van der Waals surface area contributed by atoms with Crippen LogP contribution >= 0.6 is 0 Å². The van der Waals surface area contributed by atoms with Crippen LogP contribution in [-0.2, 0) is 4.74 Å². The lowest BCUT2D eigenvalue weighted by atomic mass is 10.0. The molecule has 0 amide bonds. The zero-order chi connectivity index (χ0) is 19.8. The number of hydrogen-bond donors (Lipinski definition) is 1. The molecule has 0 saturated carbocycles. The van der Waals surface area contributed by atoms with Gasteiger partial charge in [-0.15, -0.1) is 10.2 Å². The predicted octanol–water partition coefficient (Wildman–Crippen LogP) is 3.41. The highest BCUT2D eigenvalue weighted by molar-refractivity contribution is 6.10. The van der Waals surface area contributed by atoms with E-state index in [9.17, 15) is 4.79 Å². The van der Waals surface area contributed by atoms with E-state index >= 15 is 0 Å². The molecule has 3 heterocycles. The van der Waals surface area contributed by atoms with Crippen molar-refractivity contribution in [1.82, 2.24) is 19.6 Å². The number of carbonyl (C=O) groups is 1. The van der Waals surface area contributed by atoms with E-state index < -0.39 is 0 Å². The Morgan fingerprint density at radius 3 is 2.83 bits per heavy atom. The summed E-state index contributed by atoms with van der Waals surface area (Å²) in [6.45, 7) is 3.40. The molecule has 7 nitrogen and oxygen atoms in total. The Bertz CT molecular complexity index is 1200. The van der Waals surface area contributed by atoms with Crippen LogP contribution in [0.5, 0.6) is 0 Å². The monoisotopic (exact) mass is 387 g/mol. The van der Waals surface area contributed by atoms with E-state index in [0.717, 1.165) is 36.3 Å². The molecule has 1 atom stereocenters. The molecule has 2 aromatic carbocycles. The molecule has 1 saturated heterocycles. The number of ketones is 1. The summed E-state index contributed by atoms with van der Waals surface area (Å²) in [4.78, 5) is 17.6. The summed E-state index contributed by atoms with van der Waals surface area (Å²) in [5.74, 6) is 1.40. The van der Waals surface area contributed by atoms with Crippen molar-refractivity contribution in [3.8, 4) is 0 Å². The molecule has 0 aliphatic carbocycles. The number of nitrogens with zero attached hydrogens (tertiary/aromatic N) is 4. The van der Waals surface area contributed by atoms with Crippen LogP contribution in [0, 0.1) is 6.92 Å². The van der Waals surface area contributed by atoms with Gasteiger partial charge in [-0.2, -0.15) is 0 Å². The average molecular weight is 387 g/mol. The first kappa shape index (κ1) is 17.8. The topological polar surface area (TPSA) is 81.4 Å². The van der Waals surface area contributed by atoms with E-state index in [-0.39, 0.29) is 11.9 Å². The maximum Gasteiger partial charge on any atom is 0.204 e. The van der Waals surface area contributed by atoms with Gasteiger partial charge in [0.25, 0.3) is 0 Å². The molecular weight excluding hydrogens is 366 g/mol. The van der Waals surface area contributed by atoms with E-state index in [0.29, 0.717) is 29.1 Å². The number of rotatable bonds is 5. The van der Waals surface area contributed by atoms with Gasteiger partial charge in [0, 0.05) is 24.3 Å². The minimum absolute atomic E-state index is 0.0213. The molecule has 1 fully saturated rings. The summed E-state index contributed by atoms with van der Waals surface area (Å²) in [5.41, 5.74) is 3.51. The van der Waals surface area contributed by atoms with Crippen molar-refractivity contribution in [2.75, 3.05) is 18.5 Å². The lowest BCUT2D eigenvalue weighted by molar-refractivity contribution is 0.103. The van der Waals surface area contributed by atoms with Crippen molar-refractivity contribution in [2.45, 2.75) is 25.9 Å². The number of aromatic nitrogens is 4. The first-order chi connectivity index (χ1) is 14.2. The van der Waals surface area contributed by atoms with Crippen LogP contribution in [-0.4, -0.2) is 44.6 Å². The second kappa shape index (κ2) is 7.25. The van der Waals surface area contributed by atoms with Gasteiger partial charge >= 0.3 is 0 Å². The van der Waals surface area contributed by atoms with Crippen molar-refractivity contribution in [3.63, 3.8) is 0 Å². The van der Waals surface area contributed by atoms with E-state index in [1.807, 2.05) is 59.9 Å². The van der Waals surface area contributed by atoms with E-state index in [1.54, 1.807) is 0 Å². The number of hydrogen-bond acceptors (Lipinski definition) is 6. The Hall–Kier alpha value is -3.32. The molecule has 1 aliphatic rings. The normalized spacial score (nSPS) is 16.5. The van der Waals surface area contributed by atoms with Crippen LogP contribution in [0.15, 0.2) is 48.5 Å². The SMILES string of the molecule is Cc1nnc2c(NC[C@H]3CCCO3)nc3ccc(C(=O)c4ccccc4)cc3n12. The largest absolute Gasteiger partial charge is 0.376 e. The molecule has 1 N–H and O–H groups in total. The van der Waals surface area contributed by atoms with Crippen LogP contribution in [0.4, 0.5) is 5.82 Å². The number of anilines is 1. The van der Waals surface area contributed by atoms with Crippen LogP contribution in [0.3, 0.4) is 0 Å². The molecule has 7 heteroatoms. The molecule has 4 aromatic rings. The fourth-order valence-corrected chi connectivity index (χ4v) is 3.80. The van der Waals surface area contributed by atoms with Crippen LogP contribution < -0.4 is 5.32 Å². The lowest BCUT2D eigenvalue weighted by Gasteiger charge is -2.13. The Balaban J connectivity index is 1.57. The van der Waals surface area contributed by atoms with E-state index in [1.165, 1.54) is 0 Å². The standard InChI is InChI=1S/C22H21N5O2/c1-14-25-26-22-21(23-13-17-8-5-11-29-17)24-18-10-9-16(12-19(18)27(14)22)20(28)15-6-3-2-4-7-15/h2-4,6-7,9-10,12,17H,5,8,11,13H2,1H3,(H,23,24)/t17-/m1/s1. The Morgan fingerprint density at radius 2 is 2.03 bits per heavy atom. The molecular formula is C22H21N5O2. The Labute approximate surface area is 167 Å². The minimum atomic E-state index is -0.0213. The summed E-state index contributed by atoms with van der Waals surface area (Å²) < 4.78 is 7.64. The molecule has 0 radical (unpaired) electrons. The Morgan fingerprint density at radius 1 is 1.17 bits per heavy atom. The van der Waals surface area contributed by atoms with Crippen molar-refractivity contribution in [1.29, 1.82) is 0 Å². The van der Waals surface area contributed by atoms with Gasteiger partial charge in [0.1, 0.15) is 5.82 Å². The third-order valence-electron chi connectivity index (χ3n) is 5.30. The second-order valence-electron chi connectivity index (χ2n) is 7.28.